The second kappa shape index (κ2) is 6.13. The third kappa shape index (κ3) is 3.63. The molecule has 0 unspecified atom stereocenters. The molecular formula is C15H16F3NO. The molecule has 2 aromatic rings. The van der Waals surface area contributed by atoms with Crippen LogP contribution in [0, 0.1) is 0 Å². The summed E-state index contributed by atoms with van der Waals surface area (Å²) in [5.74, 6) is 1.60. The maximum absolute atomic E-state index is 12.8. The summed E-state index contributed by atoms with van der Waals surface area (Å²) in [5, 5.41) is 2.97. The van der Waals surface area contributed by atoms with E-state index in [4.69, 9.17) is 4.42 Å². The molecule has 2 rings (SSSR count). The fourth-order valence-electron chi connectivity index (χ4n) is 1.98. The van der Waals surface area contributed by atoms with E-state index in [1.54, 1.807) is 6.07 Å². The van der Waals surface area contributed by atoms with Gasteiger partial charge in [0.15, 0.2) is 0 Å². The number of benzene rings is 1. The van der Waals surface area contributed by atoms with E-state index in [0.717, 1.165) is 24.0 Å². The van der Waals surface area contributed by atoms with E-state index in [1.165, 1.54) is 12.1 Å². The van der Waals surface area contributed by atoms with Gasteiger partial charge < -0.3 is 9.73 Å². The Kier molecular flexibility index (Phi) is 4.49. The number of rotatable bonds is 5. The molecular weight excluding hydrogens is 267 g/mol. The van der Waals surface area contributed by atoms with Gasteiger partial charge in [-0.05, 0) is 23.8 Å². The Hall–Kier alpha value is -1.75. The maximum atomic E-state index is 12.8. The molecule has 1 aromatic carbocycles. The van der Waals surface area contributed by atoms with Gasteiger partial charge in [-0.3, -0.25) is 0 Å². The number of alkyl halides is 3. The van der Waals surface area contributed by atoms with Gasteiger partial charge in [-0.25, -0.2) is 0 Å². The van der Waals surface area contributed by atoms with Crippen LogP contribution in [0.25, 0.3) is 0 Å². The quantitative estimate of drug-likeness (QED) is 0.891. The highest BCUT2D eigenvalue weighted by molar-refractivity contribution is 5.29. The van der Waals surface area contributed by atoms with Crippen molar-refractivity contribution in [3.05, 3.63) is 59.0 Å². The van der Waals surface area contributed by atoms with E-state index < -0.39 is 11.7 Å². The van der Waals surface area contributed by atoms with Crippen LogP contribution >= 0.6 is 0 Å². The summed E-state index contributed by atoms with van der Waals surface area (Å²) in [5.41, 5.74) is -0.358. The number of halogens is 3. The zero-order chi connectivity index (χ0) is 14.6. The van der Waals surface area contributed by atoms with Crippen LogP contribution in [0.5, 0.6) is 0 Å². The summed E-state index contributed by atoms with van der Waals surface area (Å²) in [6.45, 7) is 2.54. The zero-order valence-electron chi connectivity index (χ0n) is 11.1. The molecule has 1 N–H and O–H groups in total. The molecule has 1 heterocycles. The topological polar surface area (TPSA) is 25.2 Å². The number of hydrogen-bond donors (Lipinski definition) is 1. The molecule has 0 saturated heterocycles. The Bertz CT molecular complexity index is 560. The van der Waals surface area contributed by atoms with Gasteiger partial charge in [-0.1, -0.05) is 25.1 Å². The Morgan fingerprint density at radius 2 is 1.70 bits per heavy atom. The van der Waals surface area contributed by atoms with Crippen LogP contribution in [-0.2, 0) is 25.7 Å². The Labute approximate surface area is 115 Å². The van der Waals surface area contributed by atoms with Gasteiger partial charge in [0, 0.05) is 13.0 Å². The minimum absolute atomic E-state index is 0.151. The standard InChI is InChI=1S/C15H16F3NO/c1-2-12-7-8-13(20-12)10-19-9-11-5-3-4-6-14(11)15(16,17)18/h3-8,19H,2,9-10H2,1H3. The predicted molar refractivity (Wildman–Crippen MR) is 70.1 cm³/mol. The largest absolute Gasteiger partial charge is 0.465 e. The number of aryl methyl sites for hydroxylation is 1. The van der Waals surface area contributed by atoms with Crippen molar-refractivity contribution in [1.29, 1.82) is 0 Å². The minimum Gasteiger partial charge on any atom is -0.465 e. The van der Waals surface area contributed by atoms with Crippen molar-refractivity contribution in [2.24, 2.45) is 0 Å². The number of furan rings is 1. The van der Waals surface area contributed by atoms with Crippen molar-refractivity contribution in [3.63, 3.8) is 0 Å². The van der Waals surface area contributed by atoms with E-state index in [1.807, 2.05) is 19.1 Å². The molecule has 5 heteroatoms. The molecule has 20 heavy (non-hydrogen) atoms. The highest BCUT2D eigenvalue weighted by Crippen LogP contribution is 2.31. The van der Waals surface area contributed by atoms with E-state index >= 15 is 0 Å². The predicted octanol–water partition coefficient (Wildman–Crippen LogP) is 4.15. The molecule has 0 aliphatic heterocycles. The highest BCUT2D eigenvalue weighted by Gasteiger charge is 2.32. The lowest BCUT2D eigenvalue weighted by Gasteiger charge is -2.12. The lowest BCUT2D eigenvalue weighted by Crippen LogP contribution is -2.17. The molecule has 0 saturated carbocycles. The Morgan fingerprint density at radius 3 is 2.35 bits per heavy atom. The van der Waals surface area contributed by atoms with Crippen LogP contribution in [0.2, 0.25) is 0 Å². The van der Waals surface area contributed by atoms with Gasteiger partial charge in [-0.2, -0.15) is 13.2 Å². The third-order valence-electron chi connectivity index (χ3n) is 3.00. The fourth-order valence-corrected chi connectivity index (χ4v) is 1.98. The van der Waals surface area contributed by atoms with Crippen LogP contribution in [0.1, 0.15) is 29.6 Å². The summed E-state index contributed by atoms with van der Waals surface area (Å²) in [6, 6.07) is 9.29. The average molecular weight is 283 g/mol. The summed E-state index contributed by atoms with van der Waals surface area (Å²) >= 11 is 0. The van der Waals surface area contributed by atoms with Crippen LogP contribution in [-0.4, -0.2) is 0 Å². The molecule has 0 amide bonds. The van der Waals surface area contributed by atoms with Crippen LogP contribution in [0.3, 0.4) is 0 Å². The lowest BCUT2D eigenvalue weighted by atomic mass is 10.1. The maximum Gasteiger partial charge on any atom is 0.416 e. The molecule has 1 aromatic heterocycles. The molecule has 2 nitrogen and oxygen atoms in total. The molecule has 0 bridgehead atoms. The van der Waals surface area contributed by atoms with Crippen molar-refractivity contribution in [3.8, 4) is 0 Å². The van der Waals surface area contributed by atoms with Crippen molar-refractivity contribution >= 4 is 0 Å². The number of hydrogen-bond acceptors (Lipinski definition) is 2. The molecule has 0 radical (unpaired) electrons. The van der Waals surface area contributed by atoms with Crippen molar-refractivity contribution in [2.45, 2.75) is 32.6 Å². The van der Waals surface area contributed by atoms with Crippen molar-refractivity contribution in [1.82, 2.24) is 5.32 Å². The van der Waals surface area contributed by atoms with Crippen molar-refractivity contribution < 1.29 is 17.6 Å². The Morgan fingerprint density at radius 1 is 1.00 bits per heavy atom. The lowest BCUT2D eigenvalue weighted by molar-refractivity contribution is -0.138. The van der Waals surface area contributed by atoms with E-state index in [2.05, 4.69) is 5.32 Å². The SMILES string of the molecule is CCc1ccc(CNCc2ccccc2C(F)(F)F)o1. The first-order chi connectivity index (χ1) is 9.50. The van der Waals surface area contributed by atoms with Gasteiger partial charge in [-0.15, -0.1) is 0 Å². The van der Waals surface area contributed by atoms with Crippen LogP contribution in [0.15, 0.2) is 40.8 Å². The van der Waals surface area contributed by atoms with Gasteiger partial charge in [0.2, 0.25) is 0 Å². The molecule has 0 fully saturated rings. The van der Waals surface area contributed by atoms with Crippen LogP contribution in [0.4, 0.5) is 13.2 Å². The highest BCUT2D eigenvalue weighted by atomic mass is 19.4. The monoisotopic (exact) mass is 283 g/mol. The molecule has 0 spiro atoms. The van der Waals surface area contributed by atoms with E-state index in [-0.39, 0.29) is 12.1 Å². The molecule has 0 atom stereocenters. The van der Waals surface area contributed by atoms with Crippen LogP contribution < -0.4 is 5.32 Å². The summed E-state index contributed by atoms with van der Waals surface area (Å²) in [4.78, 5) is 0. The first-order valence-electron chi connectivity index (χ1n) is 6.44. The van der Waals surface area contributed by atoms with E-state index in [9.17, 15) is 13.2 Å². The minimum atomic E-state index is -4.32. The second-order valence-electron chi connectivity index (χ2n) is 4.48. The second-order valence-corrected chi connectivity index (χ2v) is 4.48. The molecule has 0 aliphatic rings. The number of nitrogens with one attached hydrogen (secondary N) is 1. The van der Waals surface area contributed by atoms with E-state index in [0.29, 0.717) is 6.54 Å². The van der Waals surface area contributed by atoms with Gasteiger partial charge in [0.25, 0.3) is 0 Å². The van der Waals surface area contributed by atoms with Gasteiger partial charge in [0.05, 0.1) is 12.1 Å². The first kappa shape index (κ1) is 14.7. The molecule has 108 valence electrons. The smallest absolute Gasteiger partial charge is 0.416 e. The molecule has 0 aliphatic carbocycles. The average Bonchev–Trinajstić information content (AvgIpc) is 2.86. The zero-order valence-corrected chi connectivity index (χ0v) is 11.1. The normalized spacial score (nSPS) is 11.8. The first-order valence-corrected chi connectivity index (χ1v) is 6.44. The van der Waals surface area contributed by atoms with Crippen molar-refractivity contribution in [2.75, 3.05) is 0 Å². The summed E-state index contributed by atoms with van der Waals surface area (Å²) in [7, 11) is 0. The summed E-state index contributed by atoms with van der Waals surface area (Å²) in [6.07, 6.45) is -3.52. The summed E-state index contributed by atoms with van der Waals surface area (Å²) < 4.78 is 43.9. The van der Waals surface area contributed by atoms with Gasteiger partial charge >= 0.3 is 6.18 Å². The third-order valence-corrected chi connectivity index (χ3v) is 3.00. The van der Waals surface area contributed by atoms with Gasteiger partial charge in [0.1, 0.15) is 11.5 Å². The Balaban J connectivity index is 1.97. The fraction of sp³-hybridized carbons (Fsp3) is 0.333.